The summed E-state index contributed by atoms with van der Waals surface area (Å²) in [6, 6.07) is 11.9. The number of hydrogen-bond donors (Lipinski definition) is 1. The van der Waals surface area contributed by atoms with Crippen molar-refractivity contribution in [1.29, 1.82) is 0 Å². The molecule has 3 amide bonds. The Morgan fingerprint density at radius 1 is 1.15 bits per heavy atom. The molecule has 2 aromatic rings. The van der Waals surface area contributed by atoms with Gasteiger partial charge in [-0.15, -0.1) is 0 Å². The van der Waals surface area contributed by atoms with Crippen LogP contribution in [0.1, 0.15) is 29.3 Å². The van der Waals surface area contributed by atoms with Crippen LogP contribution in [0.3, 0.4) is 0 Å². The number of ether oxygens (including phenoxy) is 1. The fourth-order valence-corrected chi connectivity index (χ4v) is 4.07. The average molecular weight is 502 g/mol. The Labute approximate surface area is 206 Å². The van der Waals surface area contributed by atoms with Gasteiger partial charge in [0.15, 0.2) is 0 Å². The largest absolute Gasteiger partial charge is 0.462 e. The minimum absolute atomic E-state index is 0.113. The van der Waals surface area contributed by atoms with Crippen molar-refractivity contribution in [3.8, 4) is 0 Å². The molecule has 0 saturated carbocycles. The summed E-state index contributed by atoms with van der Waals surface area (Å²) in [5, 5.41) is 2.24. The third-order valence-electron chi connectivity index (χ3n) is 4.79. The predicted octanol–water partition coefficient (Wildman–Crippen LogP) is 4.65. The summed E-state index contributed by atoms with van der Waals surface area (Å²) in [5.74, 6) is -1.73. The monoisotopic (exact) mass is 501 g/mol. The van der Waals surface area contributed by atoms with Crippen LogP contribution in [0.4, 0.5) is 16.2 Å². The van der Waals surface area contributed by atoms with E-state index in [2.05, 4.69) is 5.32 Å². The molecule has 1 heterocycles. The number of nitrogens with one attached hydrogen (secondary N) is 1. The van der Waals surface area contributed by atoms with Gasteiger partial charge < -0.3 is 15.0 Å². The van der Waals surface area contributed by atoms with Crippen LogP contribution in [-0.2, 0) is 14.3 Å². The molecule has 0 aliphatic carbocycles. The Bertz CT molecular complexity index is 1150. The van der Waals surface area contributed by atoms with Crippen molar-refractivity contribution in [2.75, 3.05) is 37.5 Å². The summed E-state index contributed by atoms with van der Waals surface area (Å²) in [5.41, 5.74) is 2.18. The first kappa shape index (κ1) is 25.3. The number of anilines is 2. The predicted molar refractivity (Wildman–Crippen MR) is 134 cm³/mol. The number of halogens is 1. The summed E-state index contributed by atoms with van der Waals surface area (Å²) in [6.07, 6.45) is 2.28. The van der Waals surface area contributed by atoms with E-state index in [1.54, 1.807) is 6.08 Å². The number of esters is 1. The number of benzene rings is 2. The van der Waals surface area contributed by atoms with Gasteiger partial charge in [0.25, 0.3) is 11.1 Å². The number of rotatable bonds is 8. The summed E-state index contributed by atoms with van der Waals surface area (Å²) in [4.78, 5) is 52.8. The van der Waals surface area contributed by atoms with Gasteiger partial charge in [0.1, 0.15) is 6.54 Å². The van der Waals surface area contributed by atoms with Crippen molar-refractivity contribution < 1.29 is 23.9 Å². The van der Waals surface area contributed by atoms with Crippen molar-refractivity contribution in [2.24, 2.45) is 0 Å². The van der Waals surface area contributed by atoms with E-state index < -0.39 is 29.6 Å². The molecule has 1 fully saturated rings. The van der Waals surface area contributed by atoms with Crippen molar-refractivity contribution >= 4 is 63.8 Å². The van der Waals surface area contributed by atoms with Gasteiger partial charge in [-0.3, -0.25) is 19.3 Å². The van der Waals surface area contributed by atoms with Crippen LogP contribution in [-0.4, -0.2) is 55.2 Å². The molecule has 0 aromatic heterocycles. The van der Waals surface area contributed by atoms with Crippen LogP contribution >= 0.6 is 23.4 Å². The van der Waals surface area contributed by atoms with Gasteiger partial charge in [-0.05, 0) is 60.2 Å². The van der Waals surface area contributed by atoms with E-state index >= 15 is 0 Å². The lowest BCUT2D eigenvalue weighted by molar-refractivity contribution is -0.127. The van der Waals surface area contributed by atoms with Crippen LogP contribution in [0.5, 0.6) is 0 Å². The van der Waals surface area contributed by atoms with Gasteiger partial charge in [0, 0.05) is 25.5 Å². The lowest BCUT2D eigenvalue weighted by atomic mass is 10.2. The molecule has 1 N–H and O–H groups in total. The molecule has 178 valence electrons. The normalized spacial score (nSPS) is 14.5. The minimum atomic E-state index is -0.599. The Morgan fingerprint density at radius 3 is 2.50 bits per heavy atom. The number of carbonyl (C=O) groups is 4. The average Bonchev–Trinajstić information content (AvgIpc) is 3.06. The summed E-state index contributed by atoms with van der Waals surface area (Å²) < 4.78 is 5.09. The Kier molecular flexibility index (Phi) is 8.36. The molecule has 0 unspecified atom stereocenters. The molecule has 3 rings (SSSR count). The first-order valence-corrected chi connectivity index (χ1v) is 11.7. The first-order chi connectivity index (χ1) is 16.2. The first-order valence-electron chi connectivity index (χ1n) is 10.5. The summed E-state index contributed by atoms with van der Waals surface area (Å²) in [7, 11) is 3.85. The van der Waals surface area contributed by atoms with Crippen molar-refractivity contribution in [3.63, 3.8) is 0 Å². The van der Waals surface area contributed by atoms with E-state index in [0.717, 1.165) is 27.9 Å². The molecular weight excluding hydrogens is 478 g/mol. The molecule has 2 aromatic carbocycles. The minimum Gasteiger partial charge on any atom is -0.462 e. The highest BCUT2D eigenvalue weighted by atomic mass is 35.5. The third kappa shape index (κ3) is 6.18. The highest BCUT2D eigenvalue weighted by Crippen LogP contribution is 2.32. The molecule has 10 heteroatoms. The topological polar surface area (TPSA) is 96.0 Å². The zero-order valence-corrected chi connectivity index (χ0v) is 20.5. The smallest absolute Gasteiger partial charge is 0.339 e. The highest BCUT2D eigenvalue weighted by molar-refractivity contribution is 8.18. The van der Waals surface area contributed by atoms with Gasteiger partial charge in [-0.25, -0.2) is 4.79 Å². The Hall–Kier alpha value is -3.30. The number of thioether (sulfide) groups is 1. The Morgan fingerprint density at radius 2 is 1.85 bits per heavy atom. The quantitative estimate of drug-likeness (QED) is 0.415. The van der Waals surface area contributed by atoms with E-state index in [-0.39, 0.29) is 22.1 Å². The molecule has 8 nitrogen and oxygen atoms in total. The van der Waals surface area contributed by atoms with Crippen LogP contribution in [0.15, 0.2) is 47.4 Å². The van der Waals surface area contributed by atoms with E-state index in [1.165, 1.54) is 18.2 Å². The molecular formula is C24H24ClN3O5S. The SMILES string of the molecule is CCCOC(=O)c1cc(NC(=O)CN2C(=O)S/C(=C/c3ccc(N(C)C)cc3)C2=O)ccc1Cl. The zero-order chi connectivity index (χ0) is 24.8. The second-order valence-corrected chi connectivity index (χ2v) is 9.03. The molecule has 1 aliphatic rings. The van der Waals surface area contributed by atoms with Crippen molar-refractivity contribution in [2.45, 2.75) is 13.3 Å². The summed E-state index contributed by atoms with van der Waals surface area (Å²) >= 11 is 6.85. The molecule has 0 atom stereocenters. The van der Waals surface area contributed by atoms with Crippen LogP contribution in [0.25, 0.3) is 6.08 Å². The molecule has 0 spiro atoms. The van der Waals surface area contributed by atoms with Crippen molar-refractivity contribution in [1.82, 2.24) is 4.90 Å². The van der Waals surface area contributed by atoms with Crippen LogP contribution in [0, 0.1) is 0 Å². The van der Waals surface area contributed by atoms with Crippen molar-refractivity contribution in [3.05, 3.63) is 63.5 Å². The lowest BCUT2D eigenvalue weighted by Gasteiger charge is -2.13. The number of nitrogens with zero attached hydrogens (tertiary/aromatic N) is 2. The third-order valence-corrected chi connectivity index (χ3v) is 6.03. The number of hydrogen-bond acceptors (Lipinski definition) is 7. The molecule has 34 heavy (non-hydrogen) atoms. The second-order valence-electron chi connectivity index (χ2n) is 7.63. The maximum absolute atomic E-state index is 12.7. The van der Waals surface area contributed by atoms with Gasteiger partial charge in [0.05, 0.1) is 22.1 Å². The molecule has 1 saturated heterocycles. The van der Waals surface area contributed by atoms with Crippen LogP contribution < -0.4 is 10.2 Å². The number of imide groups is 1. The van der Waals surface area contributed by atoms with Gasteiger partial charge in [0.2, 0.25) is 5.91 Å². The summed E-state index contributed by atoms with van der Waals surface area (Å²) in [6.45, 7) is 1.66. The standard InChI is InChI=1S/C24H24ClN3O5S/c1-4-11-33-23(31)18-13-16(7-10-19(18)25)26-21(29)14-28-22(30)20(34-24(28)32)12-15-5-8-17(9-6-15)27(2)3/h5-10,12-13H,4,11,14H2,1-3H3,(H,26,29)/b20-12+. The van der Waals surface area contributed by atoms with Gasteiger partial charge in [-0.2, -0.15) is 0 Å². The fourth-order valence-electron chi connectivity index (χ4n) is 3.03. The van der Waals surface area contributed by atoms with E-state index in [1.807, 2.05) is 50.2 Å². The van der Waals surface area contributed by atoms with E-state index in [4.69, 9.17) is 16.3 Å². The second kappa shape index (κ2) is 11.2. The van der Waals surface area contributed by atoms with E-state index in [0.29, 0.717) is 12.1 Å². The maximum atomic E-state index is 12.7. The highest BCUT2D eigenvalue weighted by Gasteiger charge is 2.36. The van der Waals surface area contributed by atoms with Gasteiger partial charge in [-0.1, -0.05) is 30.7 Å². The number of carbonyl (C=O) groups excluding carboxylic acids is 4. The fraction of sp³-hybridized carbons (Fsp3) is 0.250. The maximum Gasteiger partial charge on any atom is 0.339 e. The molecule has 1 aliphatic heterocycles. The molecule has 0 bridgehead atoms. The van der Waals surface area contributed by atoms with Crippen LogP contribution in [0.2, 0.25) is 5.02 Å². The number of amides is 3. The molecule has 0 radical (unpaired) electrons. The lowest BCUT2D eigenvalue weighted by Crippen LogP contribution is -2.36. The van der Waals surface area contributed by atoms with Gasteiger partial charge >= 0.3 is 5.97 Å². The zero-order valence-electron chi connectivity index (χ0n) is 19.0. The Balaban J connectivity index is 1.66. The van der Waals surface area contributed by atoms with E-state index in [9.17, 15) is 19.2 Å².